The lowest BCUT2D eigenvalue weighted by atomic mass is 9.93. The second-order valence-corrected chi connectivity index (χ2v) is 7.32. The van der Waals surface area contributed by atoms with E-state index >= 15 is 0 Å². The van der Waals surface area contributed by atoms with Gasteiger partial charge < -0.3 is 14.4 Å². The Bertz CT molecular complexity index is 630. The number of carbonyl (C=O) groups excluding carboxylic acids is 1. The number of rotatable bonds is 2. The lowest BCUT2D eigenvalue weighted by molar-refractivity contribution is -0.131. The van der Waals surface area contributed by atoms with E-state index in [0.717, 1.165) is 11.1 Å². The Morgan fingerprint density at radius 3 is 2.22 bits per heavy atom. The van der Waals surface area contributed by atoms with Crippen molar-refractivity contribution in [2.24, 2.45) is 0 Å². The molecule has 23 heavy (non-hydrogen) atoms. The van der Waals surface area contributed by atoms with E-state index in [4.69, 9.17) is 21.7 Å². The molecule has 3 rings (SSSR count). The third-order valence-electron chi connectivity index (χ3n) is 4.45. The van der Waals surface area contributed by atoms with Crippen molar-refractivity contribution < 1.29 is 14.3 Å². The van der Waals surface area contributed by atoms with E-state index in [2.05, 4.69) is 0 Å². The number of hydrogen-bond donors (Lipinski definition) is 0. The van der Waals surface area contributed by atoms with Gasteiger partial charge in [0.1, 0.15) is 6.04 Å². The summed E-state index contributed by atoms with van der Waals surface area (Å²) >= 11 is 5.58. The number of amides is 1. The molecular weight excluding hydrogens is 312 g/mol. The molecular formula is C17H22N2O3S. The number of ether oxygens (including phenoxy) is 2. The van der Waals surface area contributed by atoms with Crippen LogP contribution in [0, 0.1) is 0 Å². The van der Waals surface area contributed by atoms with Gasteiger partial charge in [-0.3, -0.25) is 9.69 Å². The summed E-state index contributed by atoms with van der Waals surface area (Å²) in [4.78, 5) is 16.6. The van der Waals surface area contributed by atoms with Crippen LogP contribution < -0.4 is 9.47 Å². The second-order valence-electron chi connectivity index (χ2n) is 6.95. The standard InChI is InChI=1S/C17H22N2O3S/c1-17(2,3)19-15(20)12-6-10-7-13(21-4)14(22-5)8-11(10)9-18(12)16(19)23/h7-8,12H,6,9H2,1-5H3. The van der Waals surface area contributed by atoms with Crippen LogP contribution in [-0.4, -0.2) is 46.6 Å². The summed E-state index contributed by atoms with van der Waals surface area (Å²) in [5, 5.41) is 0.618. The molecule has 1 aromatic carbocycles. The minimum absolute atomic E-state index is 0.0861. The minimum Gasteiger partial charge on any atom is -0.493 e. The second kappa shape index (κ2) is 5.37. The number of fused-ring (bicyclic) bond motifs is 2. The molecule has 5 nitrogen and oxygen atoms in total. The van der Waals surface area contributed by atoms with Gasteiger partial charge in [0, 0.05) is 18.5 Å². The van der Waals surface area contributed by atoms with Crippen LogP contribution in [-0.2, 0) is 17.8 Å². The molecule has 0 aromatic heterocycles. The molecule has 0 N–H and O–H groups in total. The average Bonchev–Trinajstić information content (AvgIpc) is 2.74. The fraction of sp³-hybridized carbons (Fsp3) is 0.529. The average molecular weight is 334 g/mol. The topological polar surface area (TPSA) is 42.0 Å². The highest BCUT2D eigenvalue weighted by Crippen LogP contribution is 2.38. The number of methoxy groups -OCH3 is 2. The van der Waals surface area contributed by atoms with E-state index in [1.54, 1.807) is 19.1 Å². The van der Waals surface area contributed by atoms with Crippen molar-refractivity contribution in [1.82, 2.24) is 9.80 Å². The van der Waals surface area contributed by atoms with Crippen LogP contribution in [0.2, 0.25) is 0 Å². The first-order valence-electron chi connectivity index (χ1n) is 7.66. The molecule has 1 amide bonds. The van der Waals surface area contributed by atoms with Gasteiger partial charge in [0.25, 0.3) is 5.91 Å². The van der Waals surface area contributed by atoms with Crippen LogP contribution in [0.5, 0.6) is 11.5 Å². The van der Waals surface area contributed by atoms with E-state index < -0.39 is 0 Å². The Kier molecular flexibility index (Phi) is 3.75. The van der Waals surface area contributed by atoms with Crippen molar-refractivity contribution in [3.05, 3.63) is 23.3 Å². The lowest BCUT2D eigenvalue weighted by Gasteiger charge is -2.33. The van der Waals surface area contributed by atoms with E-state index in [1.165, 1.54) is 0 Å². The molecule has 1 atom stereocenters. The molecule has 2 aliphatic rings. The van der Waals surface area contributed by atoms with Crippen molar-refractivity contribution in [3.8, 4) is 11.5 Å². The molecule has 2 heterocycles. The van der Waals surface area contributed by atoms with Gasteiger partial charge in [-0.25, -0.2) is 0 Å². The van der Waals surface area contributed by atoms with Crippen LogP contribution in [0.3, 0.4) is 0 Å². The first kappa shape index (κ1) is 16.1. The zero-order chi connectivity index (χ0) is 16.9. The van der Waals surface area contributed by atoms with Crippen LogP contribution in [0.15, 0.2) is 12.1 Å². The molecule has 1 saturated heterocycles. The van der Waals surface area contributed by atoms with Gasteiger partial charge in [0.15, 0.2) is 16.6 Å². The highest BCUT2D eigenvalue weighted by Gasteiger charge is 2.48. The first-order chi connectivity index (χ1) is 10.8. The molecule has 0 bridgehead atoms. The molecule has 2 aliphatic heterocycles. The SMILES string of the molecule is COc1cc2c(cc1OC)CN1C(=S)N(C(C)(C)C)C(=O)C1C2. The van der Waals surface area contributed by atoms with Crippen LogP contribution in [0.1, 0.15) is 31.9 Å². The Hall–Kier alpha value is -1.82. The Morgan fingerprint density at radius 2 is 1.70 bits per heavy atom. The van der Waals surface area contributed by atoms with E-state index in [1.807, 2.05) is 37.8 Å². The number of carbonyl (C=O) groups is 1. The molecule has 1 aromatic rings. The van der Waals surface area contributed by atoms with Crippen molar-refractivity contribution in [2.75, 3.05) is 14.2 Å². The summed E-state index contributed by atoms with van der Waals surface area (Å²) < 4.78 is 10.8. The smallest absolute Gasteiger partial charge is 0.252 e. The van der Waals surface area contributed by atoms with Crippen molar-refractivity contribution in [2.45, 2.75) is 45.3 Å². The zero-order valence-electron chi connectivity index (χ0n) is 14.2. The van der Waals surface area contributed by atoms with Crippen LogP contribution in [0.4, 0.5) is 0 Å². The molecule has 1 unspecified atom stereocenters. The van der Waals surface area contributed by atoms with Gasteiger partial charge in [-0.15, -0.1) is 0 Å². The summed E-state index contributed by atoms with van der Waals surface area (Å²) in [6, 6.07) is 3.74. The number of hydrogen-bond acceptors (Lipinski definition) is 4. The van der Waals surface area contributed by atoms with Gasteiger partial charge in [0.05, 0.1) is 14.2 Å². The van der Waals surface area contributed by atoms with Crippen LogP contribution in [0.25, 0.3) is 0 Å². The largest absolute Gasteiger partial charge is 0.493 e. The molecule has 0 saturated carbocycles. The van der Waals surface area contributed by atoms with E-state index in [-0.39, 0.29) is 17.5 Å². The molecule has 6 heteroatoms. The maximum atomic E-state index is 12.8. The molecule has 0 aliphatic carbocycles. The first-order valence-corrected chi connectivity index (χ1v) is 8.07. The van der Waals surface area contributed by atoms with Gasteiger partial charge >= 0.3 is 0 Å². The Morgan fingerprint density at radius 1 is 1.13 bits per heavy atom. The number of thiocarbonyl (C=S) groups is 1. The minimum atomic E-state index is -0.312. The summed E-state index contributed by atoms with van der Waals surface area (Å²) in [6.07, 6.45) is 0.640. The fourth-order valence-corrected chi connectivity index (χ4v) is 3.88. The third-order valence-corrected chi connectivity index (χ3v) is 4.87. The fourth-order valence-electron chi connectivity index (χ4n) is 3.32. The molecule has 1 fully saturated rings. The highest BCUT2D eigenvalue weighted by molar-refractivity contribution is 7.80. The van der Waals surface area contributed by atoms with Crippen LogP contribution >= 0.6 is 12.2 Å². The predicted molar refractivity (Wildman–Crippen MR) is 91.8 cm³/mol. The Balaban J connectivity index is 2.00. The lowest BCUT2D eigenvalue weighted by Crippen LogP contribution is -2.46. The molecule has 124 valence electrons. The van der Waals surface area contributed by atoms with Gasteiger partial charge in [-0.1, -0.05) is 0 Å². The molecule has 0 spiro atoms. The summed E-state index contributed by atoms with van der Waals surface area (Å²) in [7, 11) is 3.25. The summed E-state index contributed by atoms with van der Waals surface area (Å²) in [6.45, 7) is 6.65. The maximum Gasteiger partial charge on any atom is 0.252 e. The zero-order valence-corrected chi connectivity index (χ0v) is 15.0. The van der Waals surface area contributed by atoms with Gasteiger partial charge in [-0.2, -0.15) is 0 Å². The summed E-state index contributed by atoms with van der Waals surface area (Å²) in [5.74, 6) is 1.48. The number of benzene rings is 1. The quantitative estimate of drug-likeness (QED) is 0.777. The monoisotopic (exact) mass is 334 g/mol. The van der Waals surface area contributed by atoms with Crippen molar-refractivity contribution in [1.29, 1.82) is 0 Å². The van der Waals surface area contributed by atoms with Gasteiger partial charge in [-0.05, 0) is 56.2 Å². The third kappa shape index (κ3) is 2.45. The summed E-state index contributed by atoms with van der Waals surface area (Å²) in [5.41, 5.74) is 1.94. The van der Waals surface area contributed by atoms with Crippen molar-refractivity contribution in [3.63, 3.8) is 0 Å². The normalized spacial score (nSPS) is 20.5. The number of nitrogens with zero attached hydrogens (tertiary/aromatic N) is 2. The Labute approximate surface area is 142 Å². The molecule has 0 radical (unpaired) electrons. The maximum absolute atomic E-state index is 12.8. The van der Waals surface area contributed by atoms with Gasteiger partial charge in [0.2, 0.25) is 0 Å². The highest BCUT2D eigenvalue weighted by atomic mass is 32.1. The van der Waals surface area contributed by atoms with Crippen molar-refractivity contribution >= 4 is 23.2 Å². The van der Waals surface area contributed by atoms with E-state index in [9.17, 15) is 4.79 Å². The van der Waals surface area contributed by atoms with E-state index in [0.29, 0.717) is 29.6 Å². The predicted octanol–water partition coefficient (Wildman–Crippen LogP) is 2.36.